The molecule has 78 valence electrons. The summed E-state index contributed by atoms with van der Waals surface area (Å²) in [6.07, 6.45) is 4.50. The molecule has 0 radical (unpaired) electrons. The molecule has 2 aromatic rings. The van der Waals surface area contributed by atoms with Crippen molar-refractivity contribution in [1.29, 1.82) is 0 Å². The summed E-state index contributed by atoms with van der Waals surface area (Å²) in [6.45, 7) is 0.768. The summed E-state index contributed by atoms with van der Waals surface area (Å²) in [5.41, 5.74) is 0.894. The van der Waals surface area contributed by atoms with Gasteiger partial charge in [-0.3, -0.25) is 0 Å². The standard InChI is InChI=1S/C10H11BrN4/c11-7-1-4-10-13-9(14-15(10)6-7)5-12-8-2-3-8/h1,4,6,8,12H,2-3,5H2. The molecule has 1 fully saturated rings. The monoisotopic (exact) mass is 266 g/mol. The van der Waals surface area contributed by atoms with Gasteiger partial charge in [-0.15, -0.1) is 5.10 Å². The molecule has 1 aliphatic carbocycles. The topological polar surface area (TPSA) is 42.2 Å². The lowest BCUT2D eigenvalue weighted by Gasteiger charge is -1.95. The minimum atomic E-state index is 0.698. The average Bonchev–Trinajstić information content (AvgIpc) is 2.95. The maximum Gasteiger partial charge on any atom is 0.165 e. The van der Waals surface area contributed by atoms with E-state index < -0.39 is 0 Å². The number of halogens is 1. The first kappa shape index (κ1) is 9.30. The number of pyridine rings is 1. The lowest BCUT2D eigenvalue weighted by molar-refractivity contribution is 0.656. The second kappa shape index (κ2) is 3.57. The van der Waals surface area contributed by atoms with Gasteiger partial charge in [0, 0.05) is 16.7 Å². The first-order valence-corrected chi connectivity index (χ1v) is 5.85. The average molecular weight is 267 g/mol. The molecule has 15 heavy (non-hydrogen) atoms. The Morgan fingerprint density at radius 1 is 1.47 bits per heavy atom. The van der Waals surface area contributed by atoms with Crippen LogP contribution < -0.4 is 5.32 Å². The van der Waals surface area contributed by atoms with Gasteiger partial charge in [0.2, 0.25) is 0 Å². The lowest BCUT2D eigenvalue weighted by atomic mass is 10.5. The van der Waals surface area contributed by atoms with E-state index in [4.69, 9.17) is 0 Å². The van der Waals surface area contributed by atoms with Crippen molar-refractivity contribution < 1.29 is 0 Å². The van der Waals surface area contributed by atoms with Gasteiger partial charge in [-0.2, -0.15) is 0 Å². The smallest absolute Gasteiger partial charge is 0.165 e. The molecule has 0 amide bonds. The fourth-order valence-corrected chi connectivity index (χ4v) is 1.83. The van der Waals surface area contributed by atoms with E-state index in [0.717, 1.165) is 22.5 Å². The van der Waals surface area contributed by atoms with Gasteiger partial charge in [-0.05, 0) is 40.9 Å². The lowest BCUT2D eigenvalue weighted by Crippen LogP contribution is -2.16. The number of nitrogens with zero attached hydrogens (tertiary/aromatic N) is 3. The fraction of sp³-hybridized carbons (Fsp3) is 0.400. The molecule has 2 heterocycles. The third-order valence-corrected chi connectivity index (χ3v) is 2.93. The zero-order valence-corrected chi connectivity index (χ0v) is 9.74. The summed E-state index contributed by atoms with van der Waals surface area (Å²) in [7, 11) is 0. The van der Waals surface area contributed by atoms with Crippen LogP contribution in [0.15, 0.2) is 22.8 Å². The predicted molar refractivity (Wildman–Crippen MR) is 60.5 cm³/mol. The van der Waals surface area contributed by atoms with Crippen LogP contribution in [0.4, 0.5) is 0 Å². The van der Waals surface area contributed by atoms with E-state index in [1.165, 1.54) is 12.8 Å². The van der Waals surface area contributed by atoms with E-state index in [-0.39, 0.29) is 0 Å². The van der Waals surface area contributed by atoms with Gasteiger partial charge >= 0.3 is 0 Å². The number of aromatic nitrogens is 3. The highest BCUT2D eigenvalue weighted by molar-refractivity contribution is 9.10. The van der Waals surface area contributed by atoms with Gasteiger partial charge in [0.1, 0.15) is 0 Å². The first-order chi connectivity index (χ1) is 7.31. The molecule has 5 heteroatoms. The maximum atomic E-state index is 4.42. The molecule has 0 bridgehead atoms. The number of rotatable bonds is 3. The van der Waals surface area contributed by atoms with Crippen LogP contribution in [0.5, 0.6) is 0 Å². The van der Waals surface area contributed by atoms with Crippen LogP contribution in [0, 0.1) is 0 Å². The van der Waals surface area contributed by atoms with E-state index in [1.54, 1.807) is 4.52 Å². The Bertz CT molecular complexity index is 489. The van der Waals surface area contributed by atoms with Crippen LogP contribution in [0.2, 0.25) is 0 Å². The Morgan fingerprint density at radius 2 is 2.33 bits per heavy atom. The molecule has 0 unspecified atom stereocenters. The summed E-state index contributed by atoms with van der Waals surface area (Å²) in [5, 5.41) is 7.78. The van der Waals surface area contributed by atoms with Gasteiger partial charge in [0.15, 0.2) is 11.5 Å². The van der Waals surface area contributed by atoms with E-state index in [2.05, 4.69) is 31.3 Å². The van der Waals surface area contributed by atoms with E-state index in [9.17, 15) is 0 Å². The molecule has 0 spiro atoms. The Morgan fingerprint density at radius 3 is 3.13 bits per heavy atom. The van der Waals surface area contributed by atoms with Crippen LogP contribution in [0.1, 0.15) is 18.7 Å². The second-order valence-corrected chi connectivity index (χ2v) is 4.75. The largest absolute Gasteiger partial charge is 0.307 e. The fourth-order valence-electron chi connectivity index (χ4n) is 1.50. The minimum absolute atomic E-state index is 0.698. The van der Waals surface area contributed by atoms with Crippen molar-refractivity contribution in [2.24, 2.45) is 0 Å². The number of hydrogen-bond donors (Lipinski definition) is 1. The molecule has 2 aromatic heterocycles. The molecule has 1 N–H and O–H groups in total. The first-order valence-electron chi connectivity index (χ1n) is 5.05. The normalized spacial score (nSPS) is 16.1. The van der Waals surface area contributed by atoms with Crippen molar-refractivity contribution in [2.75, 3.05) is 0 Å². The molecule has 0 atom stereocenters. The minimum Gasteiger partial charge on any atom is -0.307 e. The van der Waals surface area contributed by atoms with Crippen LogP contribution in [-0.4, -0.2) is 20.6 Å². The van der Waals surface area contributed by atoms with Crippen molar-refractivity contribution in [2.45, 2.75) is 25.4 Å². The van der Waals surface area contributed by atoms with Crippen molar-refractivity contribution in [3.8, 4) is 0 Å². The quantitative estimate of drug-likeness (QED) is 0.921. The summed E-state index contributed by atoms with van der Waals surface area (Å²) in [5.74, 6) is 0.861. The number of nitrogens with one attached hydrogen (secondary N) is 1. The number of fused-ring (bicyclic) bond motifs is 1. The van der Waals surface area contributed by atoms with Crippen molar-refractivity contribution in [1.82, 2.24) is 19.9 Å². The Balaban J connectivity index is 1.84. The maximum absolute atomic E-state index is 4.42. The summed E-state index contributed by atoms with van der Waals surface area (Å²) < 4.78 is 2.81. The highest BCUT2D eigenvalue weighted by Crippen LogP contribution is 2.19. The van der Waals surface area contributed by atoms with E-state index >= 15 is 0 Å². The van der Waals surface area contributed by atoms with Crippen molar-refractivity contribution in [3.05, 3.63) is 28.6 Å². The van der Waals surface area contributed by atoms with Crippen LogP contribution in [0.3, 0.4) is 0 Å². The Labute approximate surface area is 95.8 Å². The predicted octanol–water partition coefficient (Wildman–Crippen LogP) is 1.74. The van der Waals surface area contributed by atoms with Crippen molar-refractivity contribution in [3.63, 3.8) is 0 Å². The van der Waals surface area contributed by atoms with E-state index in [0.29, 0.717) is 6.04 Å². The molecule has 0 saturated heterocycles. The van der Waals surface area contributed by atoms with Gasteiger partial charge in [-0.1, -0.05) is 0 Å². The Hall–Kier alpha value is -0.940. The van der Waals surface area contributed by atoms with Crippen LogP contribution >= 0.6 is 15.9 Å². The van der Waals surface area contributed by atoms with Crippen LogP contribution in [-0.2, 0) is 6.54 Å². The van der Waals surface area contributed by atoms with Gasteiger partial charge in [-0.25, -0.2) is 9.50 Å². The molecule has 3 rings (SSSR count). The molecule has 1 aliphatic rings. The molecular formula is C10H11BrN4. The molecule has 0 aromatic carbocycles. The van der Waals surface area contributed by atoms with Gasteiger partial charge < -0.3 is 5.32 Å². The third kappa shape index (κ3) is 2.03. The second-order valence-electron chi connectivity index (χ2n) is 3.83. The number of hydrogen-bond acceptors (Lipinski definition) is 3. The molecular weight excluding hydrogens is 256 g/mol. The summed E-state index contributed by atoms with van der Waals surface area (Å²) in [6, 6.07) is 4.63. The SMILES string of the molecule is Brc1ccc2nc(CNC3CC3)nn2c1. The molecule has 4 nitrogen and oxygen atoms in total. The van der Waals surface area contributed by atoms with Gasteiger partial charge in [0.25, 0.3) is 0 Å². The molecule has 1 saturated carbocycles. The van der Waals surface area contributed by atoms with Crippen molar-refractivity contribution >= 4 is 21.6 Å². The summed E-state index contributed by atoms with van der Waals surface area (Å²) >= 11 is 3.41. The van der Waals surface area contributed by atoms with E-state index in [1.807, 2.05) is 18.3 Å². The molecule has 0 aliphatic heterocycles. The highest BCUT2D eigenvalue weighted by atomic mass is 79.9. The van der Waals surface area contributed by atoms with Crippen LogP contribution in [0.25, 0.3) is 5.65 Å². The van der Waals surface area contributed by atoms with Gasteiger partial charge in [0.05, 0.1) is 6.54 Å². The highest BCUT2D eigenvalue weighted by Gasteiger charge is 2.20. The Kier molecular flexibility index (Phi) is 2.21. The summed E-state index contributed by atoms with van der Waals surface area (Å²) in [4.78, 5) is 4.42. The third-order valence-electron chi connectivity index (χ3n) is 2.46. The zero-order chi connectivity index (χ0) is 10.3. The zero-order valence-electron chi connectivity index (χ0n) is 8.15.